The Kier molecular flexibility index (Phi) is 9.19. The van der Waals surface area contributed by atoms with E-state index in [4.69, 9.17) is 4.74 Å². The van der Waals surface area contributed by atoms with Gasteiger partial charge in [-0.25, -0.2) is 17.6 Å². The largest absolute Gasteiger partial charge is 0.426 e. The Balaban J connectivity index is 1.71. The zero-order valence-electron chi connectivity index (χ0n) is 19.7. The van der Waals surface area contributed by atoms with Gasteiger partial charge in [0.25, 0.3) is 0 Å². The van der Waals surface area contributed by atoms with Crippen LogP contribution in [0.5, 0.6) is 5.75 Å². The number of hydrogen-bond acceptors (Lipinski definition) is 2. The van der Waals surface area contributed by atoms with Crippen molar-refractivity contribution in [2.45, 2.75) is 64.5 Å². The summed E-state index contributed by atoms with van der Waals surface area (Å²) in [6.45, 7) is 2.14. The van der Waals surface area contributed by atoms with Crippen LogP contribution in [-0.2, 0) is 4.79 Å². The number of rotatable bonds is 8. The number of carbonyl (C=O) groups is 1. The first-order chi connectivity index (χ1) is 17.0. The van der Waals surface area contributed by atoms with Gasteiger partial charge in [0, 0.05) is 23.8 Å². The van der Waals surface area contributed by atoms with Crippen LogP contribution in [-0.4, -0.2) is 12.1 Å². The minimum Gasteiger partial charge on any atom is -0.426 e. The van der Waals surface area contributed by atoms with E-state index < -0.39 is 52.1 Å². The molecular weight excluding hydrogens is 489 g/mol. The Morgan fingerprint density at radius 2 is 1.50 bits per heavy atom. The van der Waals surface area contributed by atoms with E-state index >= 15 is 0 Å². The third kappa shape index (κ3) is 7.34. The van der Waals surface area contributed by atoms with E-state index in [1.54, 1.807) is 0 Å². The quantitative estimate of drug-likeness (QED) is 0.152. The second kappa shape index (κ2) is 11.9. The van der Waals surface area contributed by atoms with Crippen molar-refractivity contribution in [2.24, 2.45) is 11.8 Å². The molecule has 2 nitrogen and oxygen atoms in total. The van der Waals surface area contributed by atoms with Crippen molar-refractivity contribution in [3.63, 3.8) is 0 Å². The molecule has 9 heteroatoms. The summed E-state index contributed by atoms with van der Waals surface area (Å²) in [7, 11) is 0. The molecule has 0 amide bonds. The lowest BCUT2D eigenvalue weighted by Gasteiger charge is -2.27. The Hall–Kier alpha value is -2.84. The lowest BCUT2D eigenvalue weighted by Crippen LogP contribution is -2.25. The van der Waals surface area contributed by atoms with Crippen LogP contribution >= 0.6 is 0 Å². The number of alkyl halides is 3. The Morgan fingerprint density at radius 1 is 0.917 bits per heavy atom. The maximum Gasteiger partial charge on any atom is 0.409 e. The van der Waals surface area contributed by atoms with Crippen LogP contribution in [0.1, 0.15) is 63.9 Å². The molecule has 3 rings (SSSR count). The fraction of sp³-hybridized carbons (Fsp3) is 0.444. The topological polar surface area (TPSA) is 26.3 Å². The summed E-state index contributed by atoms with van der Waals surface area (Å²) in [6, 6.07) is 2.54. The highest BCUT2D eigenvalue weighted by molar-refractivity contribution is 5.76. The maximum absolute atomic E-state index is 14.7. The third-order valence-electron chi connectivity index (χ3n) is 6.44. The highest BCUT2D eigenvalue weighted by Gasteiger charge is 2.28. The predicted molar refractivity (Wildman–Crippen MR) is 122 cm³/mol. The molecule has 0 bridgehead atoms. The molecule has 0 saturated heterocycles. The van der Waals surface area contributed by atoms with E-state index in [0.717, 1.165) is 44.2 Å². The molecule has 2 aromatic carbocycles. The average Bonchev–Trinajstić information content (AvgIpc) is 2.78. The SMILES string of the molecule is CCCCCC1CCC(C(=O)Oc2cc(F)c(-c3cc(F)c(C=CC(F)(F)F)c(F)c3)c(F)c2)CC1. The Bertz CT molecular complexity index is 1050. The van der Waals surface area contributed by atoms with Gasteiger partial charge < -0.3 is 4.74 Å². The predicted octanol–water partition coefficient (Wildman–Crippen LogP) is 8.78. The first kappa shape index (κ1) is 27.7. The lowest BCUT2D eigenvalue weighted by molar-refractivity contribution is -0.140. The van der Waals surface area contributed by atoms with Crippen LogP contribution in [0.2, 0.25) is 0 Å². The normalized spacial score (nSPS) is 18.6. The molecule has 0 atom stereocenters. The second-order valence-corrected chi connectivity index (χ2v) is 9.12. The number of unbranched alkanes of at least 4 members (excludes halogenated alkanes) is 2. The van der Waals surface area contributed by atoms with E-state index in [9.17, 15) is 35.5 Å². The van der Waals surface area contributed by atoms with Crippen LogP contribution in [0.15, 0.2) is 30.3 Å². The summed E-state index contributed by atoms with van der Waals surface area (Å²) in [6.07, 6.45) is 2.67. The number of allylic oxidation sites excluding steroid dienone is 1. The summed E-state index contributed by atoms with van der Waals surface area (Å²) in [5.74, 6) is -6.12. The monoisotopic (exact) mass is 516 g/mol. The second-order valence-electron chi connectivity index (χ2n) is 9.12. The summed E-state index contributed by atoms with van der Waals surface area (Å²) in [4.78, 5) is 12.5. The molecule has 1 aliphatic carbocycles. The van der Waals surface area contributed by atoms with Crippen molar-refractivity contribution in [1.29, 1.82) is 0 Å². The summed E-state index contributed by atoms with van der Waals surface area (Å²) in [5.41, 5.74) is -2.35. The number of carbonyl (C=O) groups excluding carboxylic acids is 1. The number of esters is 1. The minimum atomic E-state index is -4.79. The standard InChI is InChI=1S/C27H27F7O2/c1-2-3-4-5-16-6-8-17(9-7-16)26(35)36-19-14-23(30)25(24(31)15-19)18-12-21(28)20(22(29)13-18)10-11-27(32,33)34/h10-17H,2-9H2,1H3. The van der Waals surface area contributed by atoms with Crippen LogP contribution in [0.3, 0.4) is 0 Å². The van der Waals surface area contributed by atoms with Gasteiger partial charge in [-0.2, -0.15) is 13.2 Å². The molecule has 0 spiro atoms. The van der Waals surface area contributed by atoms with Gasteiger partial charge in [0.05, 0.1) is 11.5 Å². The Labute approximate surface area is 205 Å². The van der Waals surface area contributed by atoms with Gasteiger partial charge in [0.2, 0.25) is 0 Å². The molecule has 0 aliphatic heterocycles. The van der Waals surface area contributed by atoms with Crippen LogP contribution in [0.4, 0.5) is 30.7 Å². The molecule has 0 aromatic heterocycles. The average molecular weight is 516 g/mol. The van der Waals surface area contributed by atoms with Gasteiger partial charge >= 0.3 is 12.1 Å². The fourth-order valence-corrected chi connectivity index (χ4v) is 4.52. The minimum absolute atomic E-state index is 0.197. The molecule has 1 saturated carbocycles. The number of benzene rings is 2. The molecule has 0 N–H and O–H groups in total. The molecule has 2 aromatic rings. The zero-order chi connectivity index (χ0) is 26.5. The molecule has 1 fully saturated rings. The molecule has 0 radical (unpaired) electrons. The van der Waals surface area contributed by atoms with Crippen LogP contribution in [0, 0.1) is 35.1 Å². The van der Waals surface area contributed by atoms with Gasteiger partial charge in [-0.3, -0.25) is 4.79 Å². The lowest BCUT2D eigenvalue weighted by atomic mass is 9.80. The first-order valence-corrected chi connectivity index (χ1v) is 11.9. The first-order valence-electron chi connectivity index (χ1n) is 11.9. The van der Waals surface area contributed by atoms with Gasteiger partial charge in [0.15, 0.2) is 0 Å². The number of halogens is 7. The highest BCUT2D eigenvalue weighted by atomic mass is 19.4. The van der Waals surface area contributed by atoms with Crippen molar-refractivity contribution >= 4 is 12.0 Å². The van der Waals surface area contributed by atoms with Gasteiger partial charge in [-0.05, 0) is 55.4 Å². The van der Waals surface area contributed by atoms with Crippen molar-refractivity contribution in [3.05, 3.63) is 59.2 Å². The Morgan fingerprint density at radius 3 is 2.03 bits per heavy atom. The smallest absolute Gasteiger partial charge is 0.409 e. The molecule has 196 valence electrons. The zero-order valence-corrected chi connectivity index (χ0v) is 19.7. The fourth-order valence-electron chi connectivity index (χ4n) is 4.52. The van der Waals surface area contributed by atoms with Crippen LogP contribution in [0.25, 0.3) is 17.2 Å². The van der Waals surface area contributed by atoms with Crippen LogP contribution < -0.4 is 4.74 Å². The number of hydrogen-bond donors (Lipinski definition) is 0. The highest BCUT2D eigenvalue weighted by Crippen LogP contribution is 2.35. The summed E-state index contributed by atoms with van der Waals surface area (Å²) >= 11 is 0. The molecule has 36 heavy (non-hydrogen) atoms. The van der Waals surface area contributed by atoms with E-state index in [2.05, 4.69) is 6.92 Å². The maximum atomic E-state index is 14.7. The third-order valence-corrected chi connectivity index (χ3v) is 6.44. The van der Waals surface area contributed by atoms with E-state index in [1.165, 1.54) is 6.42 Å². The van der Waals surface area contributed by atoms with Gasteiger partial charge in [-0.15, -0.1) is 0 Å². The number of ether oxygens (including phenoxy) is 1. The summed E-state index contributed by atoms with van der Waals surface area (Å²) < 4.78 is 100. The molecular formula is C27H27F7O2. The van der Waals surface area contributed by atoms with E-state index in [-0.39, 0.29) is 23.8 Å². The van der Waals surface area contributed by atoms with Crippen molar-refractivity contribution < 1.29 is 40.3 Å². The molecule has 0 unspecified atom stereocenters. The van der Waals surface area contributed by atoms with Crippen molar-refractivity contribution in [3.8, 4) is 16.9 Å². The molecule has 0 heterocycles. The summed E-state index contributed by atoms with van der Waals surface area (Å²) in [5, 5.41) is 0. The van der Waals surface area contributed by atoms with Crippen molar-refractivity contribution in [2.75, 3.05) is 0 Å². The van der Waals surface area contributed by atoms with Gasteiger partial charge in [-0.1, -0.05) is 32.6 Å². The van der Waals surface area contributed by atoms with E-state index in [1.807, 2.05) is 0 Å². The molecule has 1 aliphatic rings. The van der Waals surface area contributed by atoms with E-state index in [0.29, 0.717) is 30.9 Å². The van der Waals surface area contributed by atoms with Crippen molar-refractivity contribution in [1.82, 2.24) is 0 Å². The van der Waals surface area contributed by atoms with Gasteiger partial charge in [0.1, 0.15) is 29.0 Å².